The van der Waals surface area contributed by atoms with Crippen molar-refractivity contribution in [3.63, 3.8) is 0 Å². The summed E-state index contributed by atoms with van der Waals surface area (Å²) in [4.78, 5) is 12.1. The number of ether oxygens (including phenoxy) is 2. The Morgan fingerprint density at radius 2 is 2.15 bits per heavy atom. The second kappa shape index (κ2) is 7.67. The summed E-state index contributed by atoms with van der Waals surface area (Å²) in [5.74, 6) is 0. The first-order valence-corrected chi connectivity index (χ1v) is 9.26. The Labute approximate surface area is 157 Å². The van der Waals surface area contributed by atoms with E-state index in [1.165, 1.54) is 0 Å². The Morgan fingerprint density at radius 1 is 1.33 bits per heavy atom. The third-order valence-corrected chi connectivity index (χ3v) is 4.98. The molecule has 8 nitrogen and oxygen atoms in total. The smallest absolute Gasteiger partial charge is 0.315 e. The van der Waals surface area contributed by atoms with E-state index in [4.69, 9.17) is 9.47 Å². The quantitative estimate of drug-likeness (QED) is 0.735. The summed E-state index contributed by atoms with van der Waals surface area (Å²) < 4.78 is 13.3. The normalized spacial score (nSPS) is 29.5. The van der Waals surface area contributed by atoms with Crippen LogP contribution < -0.4 is 10.6 Å². The molecule has 0 radical (unpaired) electrons. The summed E-state index contributed by atoms with van der Waals surface area (Å²) in [6, 6.07) is 8.44. The fraction of sp³-hybridized carbons (Fsp3) is 0.474. The van der Waals surface area contributed by atoms with E-state index in [2.05, 4.69) is 15.7 Å². The number of hydrogen-bond donors (Lipinski definition) is 3. The van der Waals surface area contributed by atoms with Gasteiger partial charge in [0.1, 0.15) is 18.2 Å². The van der Waals surface area contributed by atoms with Crippen molar-refractivity contribution in [1.29, 1.82) is 0 Å². The van der Waals surface area contributed by atoms with Gasteiger partial charge in [-0.3, -0.25) is 4.68 Å². The third kappa shape index (κ3) is 3.55. The molecule has 0 spiro atoms. The number of aromatic nitrogens is 2. The largest absolute Gasteiger partial charge is 0.388 e. The molecule has 2 saturated heterocycles. The fourth-order valence-corrected chi connectivity index (χ4v) is 3.58. The molecule has 3 heterocycles. The lowest BCUT2D eigenvalue weighted by molar-refractivity contribution is -0.166. The molecule has 0 saturated carbocycles. The molecule has 8 heteroatoms. The first-order valence-electron chi connectivity index (χ1n) is 9.26. The number of aliphatic hydroxyl groups is 1. The van der Waals surface area contributed by atoms with Gasteiger partial charge in [-0.05, 0) is 12.0 Å². The molecular formula is C19H24N4O4. The minimum absolute atomic E-state index is 0.320. The van der Waals surface area contributed by atoms with Crippen molar-refractivity contribution in [1.82, 2.24) is 20.4 Å². The number of urea groups is 1. The number of nitrogens with one attached hydrogen (secondary N) is 2. The van der Waals surface area contributed by atoms with Crippen molar-refractivity contribution in [2.24, 2.45) is 0 Å². The van der Waals surface area contributed by atoms with Crippen LogP contribution in [0.4, 0.5) is 4.79 Å². The first kappa shape index (κ1) is 18.0. The van der Waals surface area contributed by atoms with E-state index in [1.54, 1.807) is 10.9 Å². The maximum absolute atomic E-state index is 12.1. The molecule has 5 atom stereocenters. The van der Waals surface area contributed by atoms with Crippen molar-refractivity contribution < 1.29 is 19.4 Å². The Balaban J connectivity index is 1.54. The number of nitrogens with zero attached hydrogens (tertiary/aromatic N) is 2. The third-order valence-electron chi connectivity index (χ3n) is 4.98. The minimum atomic E-state index is -0.882. The molecule has 0 aliphatic carbocycles. The molecule has 1 aromatic carbocycles. The Kier molecular flexibility index (Phi) is 5.11. The second-order valence-electron chi connectivity index (χ2n) is 6.86. The van der Waals surface area contributed by atoms with Gasteiger partial charge in [0.2, 0.25) is 0 Å². The standard InChI is InChI=1S/C19H24N4O4/c1-2-8-20-19(25)22-15-14-11-26-18(27-14)16(17(15)24)23-10-13(9-21-23)12-6-4-3-5-7-12/h3-7,9-10,14-18,24H,2,8,11H2,1H3,(H2,20,22,25)/t14-,15-,16-,17+,18-/m1/s1. The van der Waals surface area contributed by atoms with Crippen LogP contribution in [0.25, 0.3) is 11.1 Å². The molecule has 2 amide bonds. The van der Waals surface area contributed by atoms with Crippen molar-refractivity contribution in [3.8, 4) is 11.1 Å². The molecule has 144 valence electrons. The summed E-state index contributed by atoms with van der Waals surface area (Å²) in [6.07, 6.45) is 2.60. The lowest BCUT2D eigenvalue weighted by Gasteiger charge is -2.38. The van der Waals surface area contributed by atoms with Gasteiger partial charge in [0.15, 0.2) is 6.29 Å². The van der Waals surface area contributed by atoms with Crippen molar-refractivity contribution in [3.05, 3.63) is 42.7 Å². The zero-order chi connectivity index (χ0) is 18.8. The predicted octanol–water partition coefficient (Wildman–Crippen LogP) is 1.28. The van der Waals surface area contributed by atoms with E-state index in [9.17, 15) is 9.90 Å². The van der Waals surface area contributed by atoms with E-state index in [0.29, 0.717) is 13.2 Å². The summed E-state index contributed by atoms with van der Waals surface area (Å²) in [7, 11) is 0. The van der Waals surface area contributed by atoms with Crippen molar-refractivity contribution >= 4 is 6.03 Å². The lowest BCUT2D eigenvalue weighted by Crippen LogP contribution is -2.60. The zero-order valence-corrected chi connectivity index (χ0v) is 15.1. The number of carbonyl (C=O) groups excluding carboxylic acids is 1. The van der Waals surface area contributed by atoms with Gasteiger partial charge in [0.25, 0.3) is 0 Å². The molecule has 0 unspecified atom stereocenters. The summed E-state index contributed by atoms with van der Waals surface area (Å²) in [5.41, 5.74) is 1.97. The highest BCUT2D eigenvalue weighted by atomic mass is 16.7. The molecule has 1 aromatic heterocycles. The number of hydrogen-bond acceptors (Lipinski definition) is 5. The first-order chi connectivity index (χ1) is 13.2. The van der Waals surface area contributed by atoms with Gasteiger partial charge in [0, 0.05) is 18.3 Å². The van der Waals surface area contributed by atoms with Crippen molar-refractivity contribution in [2.45, 2.75) is 43.9 Å². The van der Waals surface area contributed by atoms with Crippen LogP contribution in [0.2, 0.25) is 0 Å². The number of rotatable bonds is 5. The molecule has 27 heavy (non-hydrogen) atoms. The number of carbonyl (C=O) groups is 1. The van der Waals surface area contributed by atoms with Crippen LogP contribution in [-0.4, -0.2) is 58.6 Å². The molecule has 2 bridgehead atoms. The monoisotopic (exact) mass is 372 g/mol. The van der Waals surface area contributed by atoms with Crippen LogP contribution in [0, 0.1) is 0 Å². The molecule has 2 fully saturated rings. The molecule has 2 aromatic rings. The second-order valence-corrected chi connectivity index (χ2v) is 6.86. The average molecular weight is 372 g/mol. The van der Waals surface area contributed by atoms with Crippen LogP contribution in [0.5, 0.6) is 0 Å². The maximum atomic E-state index is 12.1. The van der Waals surface area contributed by atoms with E-state index < -0.39 is 24.5 Å². The van der Waals surface area contributed by atoms with Gasteiger partial charge in [-0.1, -0.05) is 37.3 Å². The fourth-order valence-electron chi connectivity index (χ4n) is 3.58. The highest BCUT2D eigenvalue weighted by Crippen LogP contribution is 2.36. The topological polar surface area (TPSA) is 97.6 Å². The van der Waals surface area contributed by atoms with Gasteiger partial charge in [-0.2, -0.15) is 5.10 Å². The Bertz CT molecular complexity index is 781. The number of aliphatic hydroxyl groups excluding tert-OH is 1. The summed E-state index contributed by atoms with van der Waals surface area (Å²) in [6.45, 7) is 2.87. The Hall–Kier alpha value is -2.42. The highest BCUT2D eigenvalue weighted by molar-refractivity contribution is 5.74. The van der Waals surface area contributed by atoms with Gasteiger partial charge in [-0.25, -0.2) is 4.79 Å². The van der Waals surface area contributed by atoms with E-state index in [1.807, 2.05) is 43.5 Å². The summed E-state index contributed by atoms with van der Waals surface area (Å²) >= 11 is 0. The van der Waals surface area contributed by atoms with Crippen LogP contribution in [0.3, 0.4) is 0 Å². The molecule has 3 N–H and O–H groups in total. The van der Waals surface area contributed by atoms with Crippen LogP contribution in [0.1, 0.15) is 19.4 Å². The number of amides is 2. The Morgan fingerprint density at radius 3 is 2.93 bits per heavy atom. The van der Waals surface area contributed by atoms with Crippen molar-refractivity contribution in [2.75, 3.05) is 13.2 Å². The predicted molar refractivity (Wildman–Crippen MR) is 97.9 cm³/mol. The van der Waals surface area contributed by atoms with Gasteiger partial charge in [-0.15, -0.1) is 0 Å². The summed E-state index contributed by atoms with van der Waals surface area (Å²) in [5, 5.41) is 21.0. The van der Waals surface area contributed by atoms with Crippen LogP contribution in [-0.2, 0) is 9.47 Å². The SMILES string of the molecule is CCCNC(=O)N[C@H]1[C@H](O)[C@@H](n2cc(-c3ccccc3)cn2)[C@@H]2OC[C@H]1O2. The van der Waals surface area contributed by atoms with E-state index >= 15 is 0 Å². The van der Waals surface area contributed by atoms with Crippen LogP contribution >= 0.6 is 0 Å². The highest BCUT2D eigenvalue weighted by Gasteiger charge is 2.51. The van der Waals surface area contributed by atoms with Gasteiger partial charge in [0.05, 0.1) is 18.8 Å². The average Bonchev–Trinajstić information content (AvgIpc) is 3.33. The van der Waals surface area contributed by atoms with Gasteiger partial charge < -0.3 is 25.2 Å². The molecular weight excluding hydrogens is 348 g/mol. The molecule has 2 aliphatic heterocycles. The number of benzene rings is 1. The van der Waals surface area contributed by atoms with E-state index in [0.717, 1.165) is 17.5 Å². The van der Waals surface area contributed by atoms with E-state index in [-0.39, 0.29) is 12.1 Å². The minimum Gasteiger partial charge on any atom is -0.388 e. The van der Waals surface area contributed by atoms with Gasteiger partial charge >= 0.3 is 6.03 Å². The zero-order valence-electron chi connectivity index (χ0n) is 15.1. The van der Waals surface area contributed by atoms with Crippen LogP contribution in [0.15, 0.2) is 42.7 Å². The molecule has 4 rings (SSSR count). The molecule has 2 aliphatic rings. The number of fused-ring (bicyclic) bond motifs is 2. The maximum Gasteiger partial charge on any atom is 0.315 e. The lowest BCUT2D eigenvalue weighted by atomic mass is 9.96.